The Hall–Kier alpha value is -2.40. The highest BCUT2D eigenvalue weighted by Crippen LogP contribution is 2.28. The van der Waals surface area contributed by atoms with Crippen molar-refractivity contribution in [1.82, 2.24) is 10.3 Å². The van der Waals surface area contributed by atoms with Gasteiger partial charge in [-0.15, -0.1) is 0 Å². The summed E-state index contributed by atoms with van der Waals surface area (Å²) in [6.45, 7) is 4.17. The number of aromatic nitrogens is 1. The van der Waals surface area contributed by atoms with Crippen LogP contribution in [0.5, 0.6) is 0 Å². The lowest BCUT2D eigenvalue weighted by molar-refractivity contribution is -0.126. The van der Waals surface area contributed by atoms with Gasteiger partial charge in [0.05, 0.1) is 11.6 Å². The normalized spacial score (nSPS) is 20.0. The zero-order chi connectivity index (χ0) is 21.1. The third-order valence-electron chi connectivity index (χ3n) is 6.10. The molecule has 1 saturated carbocycles. The van der Waals surface area contributed by atoms with Crippen LogP contribution < -0.4 is 10.6 Å². The number of benzene rings is 2. The summed E-state index contributed by atoms with van der Waals surface area (Å²) >= 11 is 3.46. The maximum atomic E-state index is 12.8. The fraction of sp³-hybridized carbons (Fsp3) is 0.360. The number of para-hydroxylation sites is 1. The molecule has 1 amide bonds. The van der Waals surface area contributed by atoms with Crippen molar-refractivity contribution < 1.29 is 4.79 Å². The molecule has 1 aliphatic carbocycles. The number of nitrogens with zero attached hydrogens (tertiary/aromatic N) is 1. The Bertz CT molecular complexity index is 1030. The molecule has 5 heteroatoms. The summed E-state index contributed by atoms with van der Waals surface area (Å²) in [6, 6.07) is 18.9. The molecule has 0 saturated heterocycles. The average molecular weight is 466 g/mol. The first kappa shape index (κ1) is 20.9. The largest absolute Gasteiger partial charge is 0.367 e. The van der Waals surface area contributed by atoms with Gasteiger partial charge in [-0.25, -0.2) is 4.98 Å². The molecule has 1 aliphatic rings. The Morgan fingerprint density at radius 3 is 2.50 bits per heavy atom. The molecule has 1 heterocycles. The number of fused-ring (bicyclic) bond motifs is 1. The van der Waals surface area contributed by atoms with Crippen LogP contribution in [0.2, 0.25) is 0 Å². The summed E-state index contributed by atoms with van der Waals surface area (Å²) < 4.78 is 1.05. The van der Waals surface area contributed by atoms with Gasteiger partial charge >= 0.3 is 0 Å². The van der Waals surface area contributed by atoms with E-state index >= 15 is 0 Å². The second-order valence-corrected chi connectivity index (χ2v) is 9.23. The summed E-state index contributed by atoms with van der Waals surface area (Å²) in [7, 11) is 0. The summed E-state index contributed by atoms with van der Waals surface area (Å²) in [6.07, 6.45) is 3.78. The molecule has 1 unspecified atom stereocenters. The summed E-state index contributed by atoms with van der Waals surface area (Å²) in [5.74, 6) is 1.19. The third kappa shape index (κ3) is 4.84. The maximum Gasteiger partial charge on any atom is 0.223 e. The van der Waals surface area contributed by atoms with Crippen LogP contribution in [0.1, 0.15) is 49.8 Å². The lowest BCUT2D eigenvalue weighted by atomic mass is 9.85. The van der Waals surface area contributed by atoms with Gasteiger partial charge in [0.2, 0.25) is 5.91 Å². The highest BCUT2D eigenvalue weighted by atomic mass is 79.9. The van der Waals surface area contributed by atoms with Crippen molar-refractivity contribution in [3.05, 3.63) is 70.2 Å². The highest BCUT2D eigenvalue weighted by Gasteiger charge is 2.27. The van der Waals surface area contributed by atoms with Crippen LogP contribution in [-0.2, 0) is 4.79 Å². The van der Waals surface area contributed by atoms with Crippen molar-refractivity contribution in [2.24, 2.45) is 5.92 Å². The van der Waals surface area contributed by atoms with E-state index in [-0.39, 0.29) is 17.9 Å². The maximum absolute atomic E-state index is 12.8. The van der Waals surface area contributed by atoms with E-state index in [1.54, 1.807) is 0 Å². The molecule has 156 valence electrons. The fourth-order valence-corrected chi connectivity index (χ4v) is 4.56. The lowest BCUT2D eigenvalue weighted by Gasteiger charge is -2.29. The van der Waals surface area contributed by atoms with Gasteiger partial charge in [0, 0.05) is 21.8 Å². The van der Waals surface area contributed by atoms with E-state index in [9.17, 15) is 4.79 Å². The van der Waals surface area contributed by atoms with E-state index in [1.807, 2.05) is 31.2 Å². The van der Waals surface area contributed by atoms with E-state index in [2.05, 4.69) is 63.8 Å². The van der Waals surface area contributed by atoms with Crippen LogP contribution >= 0.6 is 15.9 Å². The van der Waals surface area contributed by atoms with Gasteiger partial charge in [0.1, 0.15) is 5.82 Å². The number of pyridine rings is 1. The molecule has 2 aromatic carbocycles. The molecule has 0 bridgehead atoms. The molecular formula is C25H28BrN3O. The number of nitrogens with one attached hydrogen (secondary N) is 2. The molecule has 1 atom stereocenters. The number of rotatable bonds is 5. The molecule has 1 fully saturated rings. The number of halogens is 1. The Morgan fingerprint density at radius 1 is 1.07 bits per heavy atom. The first-order valence-corrected chi connectivity index (χ1v) is 11.5. The van der Waals surface area contributed by atoms with E-state index in [4.69, 9.17) is 4.98 Å². The molecule has 1 aromatic heterocycles. The van der Waals surface area contributed by atoms with Gasteiger partial charge in [-0.3, -0.25) is 4.79 Å². The van der Waals surface area contributed by atoms with E-state index in [0.717, 1.165) is 47.1 Å². The second kappa shape index (κ2) is 9.17. The lowest BCUT2D eigenvalue weighted by Crippen LogP contribution is -2.37. The zero-order valence-corrected chi connectivity index (χ0v) is 19.1. The van der Waals surface area contributed by atoms with Gasteiger partial charge in [-0.1, -0.05) is 46.3 Å². The first-order chi connectivity index (χ1) is 14.5. The number of anilines is 1. The minimum absolute atomic E-state index is 0.0197. The molecule has 0 aliphatic heterocycles. The van der Waals surface area contributed by atoms with E-state index in [1.165, 1.54) is 10.9 Å². The van der Waals surface area contributed by atoms with E-state index in [0.29, 0.717) is 6.04 Å². The van der Waals surface area contributed by atoms with Gasteiger partial charge in [-0.05, 0) is 74.9 Å². The van der Waals surface area contributed by atoms with Crippen molar-refractivity contribution in [2.45, 2.75) is 51.6 Å². The third-order valence-corrected chi connectivity index (χ3v) is 6.63. The van der Waals surface area contributed by atoms with Crippen LogP contribution in [0.15, 0.2) is 59.1 Å². The minimum atomic E-state index is 0.0197. The minimum Gasteiger partial charge on any atom is -0.367 e. The Labute approximate surface area is 186 Å². The molecular weight excluding hydrogens is 438 g/mol. The molecule has 0 spiro atoms. The summed E-state index contributed by atoms with van der Waals surface area (Å²) in [5.41, 5.74) is 3.38. The predicted octanol–water partition coefficient (Wildman–Crippen LogP) is 6.15. The quantitative estimate of drug-likeness (QED) is 0.474. The Kier molecular flexibility index (Phi) is 6.38. The van der Waals surface area contributed by atoms with Crippen LogP contribution in [0.4, 0.5) is 5.82 Å². The van der Waals surface area contributed by atoms with Gasteiger partial charge in [0.15, 0.2) is 0 Å². The second-order valence-electron chi connectivity index (χ2n) is 8.32. The number of aryl methyl sites for hydroxylation is 1. The number of amides is 1. The Balaban J connectivity index is 1.31. The number of carbonyl (C=O) groups is 1. The van der Waals surface area contributed by atoms with Crippen molar-refractivity contribution >= 4 is 38.6 Å². The topological polar surface area (TPSA) is 54.0 Å². The summed E-state index contributed by atoms with van der Waals surface area (Å²) in [5, 5.41) is 7.99. The van der Waals surface area contributed by atoms with Crippen LogP contribution in [-0.4, -0.2) is 16.9 Å². The summed E-state index contributed by atoms with van der Waals surface area (Å²) in [4.78, 5) is 17.5. The zero-order valence-electron chi connectivity index (χ0n) is 17.5. The number of carbonyl (C=O) groups excluding carboxylic acids is 1. The SMILES string of the molecule is Cc1cc(NC2CCC(C(=O)NC(C)c3ccc(Br)cc3)CC2)nc2ccccc12. The molecule has 2 N–H and O–H groups in total. The molecule has 4 rings (SSSR count). The van der Waals surface area contributed by atoms with Gasteiger partial charge in [-0.2, -0.15) is 0 Å². The number of hydrogen-bond acceptors (Lipinski definition) is 3. The highest BCUT2D eigenvalue weighted by molar-refractivity contribution is 9.10. The van der Waals surface area contributed by atoms with Crippen molar-refractivity contribution in [3.8, 4) is 0 Å². The van der Waals surface area contributed by atoms with Crippen molar-refractivity contribution in [1.29, 1.82) is 0 Å². The van der Waals surface area contributed by atoms with Crippen LogP contribution in [0.25, 0.3) is 10.9 Å². The van der Waals surface area contributed by atoms with E-state index < -0.39 is 0 Å². The standard InChI is InChI=1S/C25H28BrN3O/c1-16-15-24(29-23-6-4-3-5-22(16)23)28-21-13-9-19(10-14-21)25(30)27-17(2)18-7-11-20(26)12-8-18/h3-8,11-12,15,17,19,21H,9-10,13-14H2,1-2H3,(H,27,30)(H,28,29). The Morgan fingerprint density at radius 2 is 1.77 bits per heavy atom. The molecule has 30 heavy (non-hydrogen) atoms. The van der Waals surface area contributed by atoms with Gasteiger partial charge < -0.3 is 10.6 Å². The molecule has 3 aromatic rings. The molecule has 4 nitrogen and oxygen atoms in total. The fourth-order valence-electron chi connectivity index (χ4n) is 4.30. The van der Waals surface area contributed by atoms with Crippen LogP contribution in [0.3, 0.4) is 0 Å². The smallest absolute Gasteiger partial charge is 0.223 e. The predicted molar refractivity (Wildman–Crippen MR) is 127 cm³/mol. The average Bonchev–Trinajstić information content (AvgIpc) is 2.74. The molecule has 0 radical (unpaired) electrons. The van der Waals surface area contributed by atoms with Gasteiger partial charge in [0.25, 0.3) is 0 Å². The number of hydrogen-bond donors (Lipinski definition) is 2. The van der Waals surface area contributed by atoms with Crippen molar-refractivity contribution in [2.75, 3.05) is 5.32 Å². The van der Waals surface area contributed by atoms with Crippen LogP contribution in [0, 0.1) is 12.8 Å². The monoisotopic (exact) mass is 465 g/mol. The first-order valence-electron chi connectivity index (χ1n) is 10.7. The van der Waals surface area contributed by atoms with Crippen molar-refractivity contribution in [3.63, 3.8) is 0 Å².